The number of para-hydroxylation sites is 2. The number of ether oxygens (including phenoxy) is 1. The molecule has 1 N–H and O–H groups in total. The second-order valence-electron chi connectivity index (χ2n) is 9.72. The average Bonchev–Trinajstić information content (AvgIpc) is 3.50. The van der Waals surface area contributed by atoms with Gasteiger partial charge in [-0.05, 0) is 48.3 Å². The number of methoxy groups -OCH3 is 1. The molecule has 4 aromatic carbocycles. The first-order valence-corrected chi connectivity index (χ1v) is 13.3. The van der Waals surface area contributed by atoms with Crippen molar-refractivity contribution in [1.29, 1.82) is 0 Å². The second kappa shape index (κ2) is 11.9. The first-order chi connectivity index (χ1) is 19.9. The Hall–Kier alpha value is -5.23. The van der Waals surface area contributed by atoms with E-state index < -0.39 is 5.97 Å². The number of allylic oxidation sites excluding steroid dienone is 2. The predicted octanol–water partition coefficient (Wildman–Crippen LogP) is 6.71. The minimum absolute atomic E-state index is 0.0162. The molecule has 0 atom stereocenters. The Morgan fingerprint density at radius 2 is 1.20 bits per heavy atom. The minimum Gasteiger partial charge on any atom is -0.468 e. The van der Waals surface area contributed by atoms with Gasteiger partial charge in [-0.1, -0.05) is 97.1 Å². The fraction of sp³-hybridized carbons (Fsp3) is 0.114. The van der Waals surface area contributed by atoms with Crippen LogP contribution >= 0.6 is 0 Å². The van der Waals surface area contributed by atoms with Crippen molar-refractivity contribution in [3.63, 3.8) is 0 Å². The molecule has 0 unspecified atom stereocenters. The first kappa shape index (κ1) is 27.3. The Morgan fingerprint density at radius 3 is 1.80 bits per heavy atom. The van der Waals surface area contributed by atoms with E-state index in [0.29, 0.717) is 5.57 Å². The third-order valence-corrected chi connectivity index (χ3v) is 7.27. The smallest absolute Gasteiger partial charge is 0.325 e. The SMILES string of the molecule is CC(=C1C(=O)Nc2ccccc21)c1ccccc1.COC(=O)CN1C(=O)C(=C(C)c2ccccc2)c2ccccc21. The zero-order valence-electron chi connectivity index (χ0n) is 23.2. The van der Waals surface area contributed by atoms with E-state index in [0.717, 1.165) is 50.3 Å². The third kappa shape index (κ3) is 5.45. The summed E-state index contributed by atoms with van der Waals surface area (Å²) in [4.78, 5) is 38.1. The summed E-state index contributed by atoms with van der Waals surface area (Å²) >= 11 is 0. The highest BCUT2D eigenvalue weighted by Crippen LogP contribution is 2.40. The molecule has 6 nitrogen and oxygen atoms in total. The first-order valence-electron chi connectivity index (χ1n) is 13.3. The fourth-order valence-corrected chi connectivity index (χ4v) is 5.15. The number of hydrogen-bond acceptors (Lipinski definition) is 4. The number of benzene rings is 4. The van der Waals surface area contributed by atoms with Gasteiger partial charge >= 0.3 is 5.97 Å². The summed E-state index contributed by atoms with van der Waals surface area (Å²) in [5.41, 5.74) is 8.87. The third-order valence-electron chi connectivity index (χ3n) is 7.27. The lowest BCUT2D eigenvalue weighted by molar-refractivity contribution is -0.139. The van der Waals surface area contributed by atoms with Crippen molar-refractivity contribution in [2.75, 3.05) is 23.9 Å². The van der Waals surface area contributed by atoms with Crippen LogP contribution in [0.25, 0.3) is 22.3 Å². The van der Waals surface area contributed by atoms with E-state index >= 15 is 0 Å². The summed E-state index contributed by atoms with van der Waals surface area (Å²) in [6.45, 7) is 3.84. The summed E-state index contributed by atoms with van der Waals surface area (Å²) < 4.78 is 4.71. The normalized spacial score (nSPS) is 15.7. The number of amides is 2. The maximum atomic E-state index is 12.9. The topological polar surface area (TPSA) is 75.7 Å². The molecule has 0 aliphatic carbocycles. The second-order valence-corrected chi connectivity index (χ2v) is 9.72. The lowest BCUT2D eigenvalue weighted by atomic mass is 9.97. The van der Waals surface area contributed by atoms with Crippen LogP contribution in [0.5, 0.6) is 0 Å². The molecule has 41 heavy (non-hydrogen) atoms. The summed E-state index contributed by atoms with van der Waals surface area (Å²) in [6, 6.07) is 35.1. The van der Waals surface area contributed by atoms with Gasteiger partial charge in [-0.2, -0.15) is 0 Å². The van der Waals surface area contributed by atoms with Gasteiger partial charge in [-0.25, -0.2) is 0 Å². The maximum Gasteiger partial charge on any atom is 0.325 e. The highest BCUT2D eigenvalue weighted by Gasteiger charge is 2.35. The van der Waals surface area contributed by atoms with Gasteiger partial charge < -0.3 is 10.1 Å². The Kier molecular flexibility index (Phi) is 7.92. The van der Waals surface area contributed by atoms with Crippen molar-refractivity contribution in [3.05, 3.63) is 131 Å². The van der Waals surface area contributed by atoms with Gasteiger partial charge in [-0.3, -0.25) is 19.3 Å². The molecule has 0 saturated carbocycles. The van der Waals surface area contributed by atoms with E-state index in [1.165, 1.54) is 12.0 Å². The fourth-order valence-electron chi connectivity index (χ4n) is 5.15. The van der Waals surface area contributed by atoms with Crippen molar-refractivity contribution in [1.82, 2.24) is 0 Å². The lowest BCUT2D eigenvalue weighted by Crippen LogP contribution is -2.33. The highest BCUT2D eigenvalue weighted by molar-refractivity contribution is 6.38. The molecule has 0 aromatic heterocycles. The molecule has 6 rings (SSSR count). The molecule has 2 heterocycles. The number of carbonyl (C=O) groups is 3. The van der Waals surface area contributed by atoms with Gasteiger partial charge in [0.15, 0.2) is 0 Å². The summed E-state index contributed by atoms with van der Waals surface area (Å²) in [6.07, 6.45) is 0. The van der Waals surface area contributed by atoms with Gasteiger partial charge in [-0.15, -0.1) is 0 Å². The van der Waals surface area contributed by atoms with E-state index in [2.05, 4.69) is 5.32 Å². The summed E-state index contributed by atoms with van der Waals surface area (Å²) in [5.74, 6) is -0.623. The van der Waals surface area contributed by atoms with Crippen LogP contribution in [0.1, 0.15) is 36.1 Å². The molecule has 204 valence electrons. The quantitative estimate of drug-likeness (QED) is 0.230. The van der Waals surface area contributed by atoms with Gasteiger partial charge in [0.1, 0.15) is 6.54 Å². The van der Waals surface area contributed by atoms with Crippen molar-refractivity contribution in [2.24, 2.45) is 0 Å². The van der Waals surface area contributed by atoms with Crippen LogP contribution in [0.15, 0.2) is 109 Å². The molecule has 2 aliphatic heterocycles. The van der Waals surface area contributed by atoms with Gasteiger partial charge in [0.25, 0.3) is 11.8 Å². The number of nitrogens with zero attached hydrogens (tertiary/aromatic N) is 1. The Labute approximate surface area is 239 Å². The maximum absolute atomic E-state index is 12.9. The molecule has 0 spiro atoms. The van der Waals surface area contributed by atoms with E-state index in [9.17, 15) is 14.4 Å². The Bertz CT molecular complexity index is 1690. The van der Waals surface area contributed by atoms with Gasteiger partial charge in [0.2, 0.25) is 0 Å². The zero-order valence-corrected chi connectivity index (χ0v) is 23.2. The lowest BCUT2D eigenvalue weighted by Gasteiger charge is -2.15. The van der Waals surface area contributed by atoms with E-state index in [1.807, 2.05) is 123 Å². The molecule has 0 saturated heterocycles. The molecular formula is C35H30N2O4. The molecule has 4 aromatic rings. The summed E-state index contributed by atoms with van der Waals surface area (Å²) in [7, 11) is 1.32. The Morgan fingerprint density at radius 1 is 0.683 bits per heavy atom. The van der Waals surface area contributed by atoms with E-state index in [1.54, 1.807) is 0 Å². The largest absolute Gasteiger partial charge is 0.468 e. The number of carbonyl (C=O) groups excluding carboxylic acids is 3. The minimum atomic E-state index is -0.438. The number of anilines is 2. The number of fused-ring (bicyclic) bond motifs is 2. The monoisotopic (exact) mass is 542 g/mol. The molecule has 0 bridgehead atoms. The van der Waals surface area contributed by atoms with Crippen molar-refractivity contribution < 1.29 is 19.1 Å². The van der Waals surface area contributed by atoms with Crippen LogP contribution in [-0.4, -0.2) is 31.4 Å². The van der Waals surface area contributed by atoms with Crippen LogP contribution in [0.4, 0.5) is 11.4 Å². The number of rotatable bonds is 4. The van der Waals surface area contributed by atoms with Crippen molar-refractivity contribution in [2.45, 2.75) is 13.8 Å². The van der Waals surface area contributed by atoms with Gasteiger partial charge in [0.05, 0.1) is 23.9 Å². The van der Waals surface area contributed by atoms with Crippen LogP contribution < -0.4 is 10.2 Å². The average molecular weight is 543 g/mol. The number of nitrogens with one attached hydrogen (secondary N) is 1. The molecule has 2 amide bonds. The van der Waals surface area contributed by atoms with Crippen LogP contribution in [0.2, 0.25) is 0 Å². The molecular weight excluding hydrogens is 512 g/mol. The predicted molar refractivity (Wildman–Crippen MR) is 164 cm³/mol. The van der Waals surface area contributed by atoms with Crippen molar-refractivity contribution >= 4 is 51.5 Å². The molecule has 6 heteroatoms. The van der Waals surface area contributed by atoms with Gasteiger partial charge in [0, 0.05) is 16.8 Å². The standard InChI is InChI=1S/C19H17NO3.C16H13NO/c1-13(14-8-4-3-5-9-14)18-15-10-6-7-11-16(15)20(19(18)22)12-17(21)23-2;1-11(12-7-3-2-4-8-12)15-13-9-5-6-10-14(13)17-16(15)18/h3-11H,12H2,1-2H3;2-10H,1H3,(H,17,18). The molecule has 0 fully saturated rings. The van der Waals surface area contributed by atoms with Crippen LogP contribution in [0.3, 0.4) is 0 Å². The van der Waals surface area contributed by atoms with Crippen molar-refractivity contribution in [3.8, 4) is 0 Å². The summed E-state index contributed by atoms with van der Waals surface area (Å²) in [5, 5.41) is 2.90. The Balaban J connectivity index is 0.000000169. The van der Waals surface area contributed by atoms with Crippen LogP contribution in [0, 0.1) is 0 Å². The zero-order chi connectivity index (χ0) is 28.9. The molecule has 0 radical (unpaired) electrons. The highest BCUT2D eigenvalue weighted by atomic mass is 16.5. The van der Waals surface area contributed by atoms with E-state index in [-0.39, 0.29) is 18.4 Å². The van der Waals surface area contributed by atoms with Crippen LogP contribution in [-0.2, 0) is 19.1 Å². The number of hydrogen-bond donors (Lipinski definition) is 1. The molecule has 2 aliphatic rings. The number of esters is 1. The van der Waals surface area contributed by atoms with E-state index in [4.69, 9.17) is 4.74 Å².